The van der Waals surface area contributed by atoms with E-state index in [-0.39, 0.29) is 11.9 Å². The molecule has 1 atom stereocenters. The summed E-state index contributed by atoms with van der Waals surface area (Å²) in [5, 5.41) is 4.12. The fourth-order valence-corrected chi connectivity index (χ4v) is 3.54. The summed E-state index contributed by atoms with van der Waals surface area (Å²) in [7, 11) is 3.17. The second-order valence-electron chi connectivity index (χ2n) is 7.09. The summed E-state index contributed by atoms with van der Waals surface area (Å²) >= 11 is 0. The molecule has 4 rings (SSSR count). The lowest BCUT2D eigenvalue weighted by Crippen LogP contribution is -2.27. The number of hydrogen-bond acceptors (Lipinski definition) is 6. The summed E-state index contributed by atoms with van der Waals surface area (Å²) in [5.74, 6) is 2.23. The predicted octanol–water partition coefficient (Wildman–Crippen LogP) is 3.93. The van der Waals surface area contributed by atoms with Crippen LogP contribution in [0.5, 0.6) is 11.5 Å². The van der Waals surface area contributed by atoms with Gasteiger partial charge >= 0.3 is 0 Å². The topological polar surface area (TPSA) is 77.7 Å². The Labute approximate surface area is 169 Å². The van der Waals surface area contributed by atoms with Crippen molar-refractivity contribution in [3.05, 3.63) is 59.5 Å². The van der Waals surface area contributed by atoms with E-state index in [4.69, 9.17) is 14.0 Å². The van der Waals surface area contributed by atoms with Crippen molar-refractivity contribution in [2.75, 3.05) is 14.2 Å². The fourth-order valence-electron chi connectivity index (χ4n) is 3.54. The van der Waals surface area contributed by atoms with E-state index in [2.05, 4.69) is 10.1 Å². The summed E-state index contributed by atoms with van der Waals surface area (Å²) in [6, 6.07) is 13.4. The SMILES string of the molecule is COc1ccc(-c2noc(C3CCC(=O)N3Cc3ccc(C)cc3)n2)cc1OC. The summed E-state index contributed by atoms with van der Waals surface area (Å²) < 4.78 is 16.2. The first-order valence-corrected chi connectivity index (χ1v) is 9.50. The maximum Gasteiger partial charge on any atom is 0.249 e. The highest BCUT2D eigenvalue weighted by molar-refractivity contribution is 5.78. The minimum atomic E-state index is -0.217. The van der Waals surface area contributed by atoms with Crippen LogP contribution in [0.15, 0.2) is 47.0 Å². The Morgan fingerprint density at radius 2 is 1.86 bits per heavy atom. The number of methoxy groups -OCH3 is 2. The number of hydrogen-bond donors (Lipinski definition) is 0. The fraction of sp³-hybridized carbons (Fsp3) is 0.318. The van der Waals surface area contributed by atoms with Crippen LogP contribution in [0.25, 0.3) is 11.4 Å². The standard InChI is InChI=1S/C22H23N3O4/c1-14-4-6-15(7-5-14)13-25-17(9-11-20(25)26)22-23-21(24-29-22)16-8-10-18(27-2)19(12-16)28-3/h4-8,10,12,17H,9,11,13H2,1-3H3. The van der Waals surface area contributed by atoms with Crippen LogP contribution < -0.4 is 9.47 Å². The summed E-state index contributed by atoms with van der Waals surface area (Å²) in [6.45, 7) is 2.57. The van der Waals surface area contributed by atoms with Gasteiger partial charge in [0.2, 0.25) is 17.6 Å². The van der Waals surface area contributed by atoms with Gasteiger partial charge in [-0.2, -0.15) is 4.98 Å². The highest BCUT2D eigenvalue weighted by atomic mass is 16.5. The molecule has 7 nitrogen and oxygen atoms in total. The van der Waals surface area contributed by atoms with Crippen molar-refractivity contribution in [2.24, 2.45) is 0 Å². The highest BCUT2D eigenvalue weighted by Crippen LogP contribution is 2.35. The molecule has 0 spiro atoms. The molecule has 150 valence electrons. The molecule has 1 aromatic heterocycles. The monoisotopic (exact) mass is 393 g/mol. The number of aromatic nitrogens is 2. The van der Waals surface area contributed by atoms with Crippen molar-refractivity contribution in [1.29, 1.82) is 0 Å². The lowest BCUT2D eigenvalue weighted by molar-refractivity contribution is -0.129. The summed E-state index contributed by atoms with van der Waals surface area (Å²) in [6.07, 6.45) is 1.14. The zero-order chi connectivity index (χ0) is 20.4. The molecule has 1 saturated heterocycles. The molecule has 0 aliphatic carbocycles. The maximum absolute atomic E-state index is 12.5. The number of likely N-dealkylation sites (tertiary alicyclic amines) is 1. The van der Waals surface area contributed by atoms with E-state index in [1.165, 1.54) is 5.56 Å². The van der Waals surface area contributed by atoms with Crippen LogP contribution in [0, 0.1) is 6.92 Å². The molecule has 0 saturated carbocycles. The molecule has 1 aliphatic heterocycles. The number of ether oxygens (including phenoxy) is 2. The van der Waals surface area contributed by atoms with Crippen molar-refractivity contribution in [3.8, 4) is 22.9 Å². The quantitative estimate of drug-likeness (QED) is 0.632. The van der Waals surface area contributed by atoms with Gasteiger partial charge in [-0.25, -0.2) is 0 Å². The Morgan fingerprint density at radius 1 is 1.10 bits per heavy atom. The number of carbonyl (C=O) groups is 1. The van der Waals surface area contributed by atoms with Gasteiger partial charge in [0, 0.05) is 18.5 Å². The van der Waals surface area contributed by atoms with E-state index in [1.807, 2.05) is 42.2 Å². The van der Waals surface area contributed by atoms with Gasteiger partial charge in [0.15, 0.2) is 11.5 Å². The average Bonchev–Trinajstić information content (AvgIpc) is 3.36. The number of rotatable bonds is 6. The minimum absolute atomic E-state index is 0.0986. The van der Waals surface area contributed by atoms with E-state index in [9.17, 15) is 4.79 Å². The average molecular weight is 393 g/mol. The Balaban J connectivity index is 1.58. The van der Waals surface area contributed by atoms with Gasteiger partial charge in [0.05, 0.1) is 14.2 Å². The smallest absolute Gasteiger partial charge is 0.249 e. The lowest BCUT2D eigenvalue weighted by Gasteiger charge is -2.22. The molecule has 1 aliphatic rings. The van der Waals surface area contributed by atoms with Gasteiger partial charge in [-0.1, -0.05) is 35.0 Å². The molecule has 0 radical (unpaired) electrons. The maximum atomic E-state index is 12.5. The molecular weight excluding hydrogens is 370 g/mol. The molecule has 1 amide bonds. The van der Waals surface area contributed by atoms with Crippen LogP contribution in [0.1, 0.15) is 35.9 Å². The summed E-state index contributed by atoms with van der Waals surface area (Å²) in [5.41, 5.74) is 3.03. The predicted molar refractivity (Wildman–Crippen MR) is 107 cm³/mol. The first kappa shape index (κ1) is 19.0. The number of carbonyl (C=O) groups excluding carboxylic acids is 1. The van der Waals surface area contributed by atoms with Crippen LogP contribution in [-0.2, 0) is 11.3 Å². The molecule has 7 heteroatoms. The van der Waals surface area contributed by atoms with E-state index in [0.29, 0.717) is 42.6 Å². The second kappa shape index (κ2) is 7.95. The third-order valence-electron chi connectivity index (χ3n) is 5.17. The number of aryl methyl sites for hydroxylation is 1. The van der Waals surface area contributed by atoms with E-state index in [0.717, 1.165) is 11.1 Å². The van der Waals surface area contributed by atoms with E-state index in [1.54, 1.807) is 26.4 Å². The third kappa shape index (κ3) is 3.81. The van der Waals surface area contributed by atoms with Crippen molar-refractivity contribution in [2.45, 2.75) is 32.4 Å². The zero-order valence-corrected chi connectivity index (χ0v) is 16.7. The Hall–Kier alpha value is -3.35. The normalized spacial score (nSPS) is 16.3. The number of amides is 1. The van der Waals surface area contributed by atoms with Crippen molar-refractivity contribution in [3.63, 3.8) is 0 Å². The molecule has 2 aromatic carbocycles. The van der Waals surface area contributed by atoms with Gasteiger partial charge in [0.1, 0.15) is 6.04 Å². The first-order valence-electron chi connectivity index (χ1n) is 9.50. The van der Waals surface area contributed by atoms with E-state index < -0.39 is 0 Å². The van der Waals surface area contributed by atoms with Gasteiger partial charge in [-0.05, 0) is 37.1 Å². The van der Waals surface area contributed by atoms with Gasteiger partial charge in [-0.15, -0.1) is 0 Å². The van der Waals surface area contributed by atoms with Crippen molar-refractivity contribution >= 4 is 5.91 Å². The van der Waals surface area contributed by atoms with Crippen LogP contribution in [0.4, 0.5) is 0 Å². The first-order chi connectivity index (χ1) is 14.1. The Bertz CT molecular complexity index is 1010. The van der Waals surface area contributed by atoms with Crippen molar-refractivity contribution in [1.82, 2.24) is 15.0 Å². The summed E-state index contributed by atoms with van der Waals surface area (Å²) in [4.78, 5) is 18.8. The molecule has 3 aromatic rings. The molecule has 29 heavy (non-hydrogen) atoms. The van der Waals surface area contributed by atoms with Gasteiger partial charge in [-0.3, -0.25) is 4.79 Å². The van der Waals surface area contributed by atoms with Crippen molar-refractivity contribution < 1.29 is 18.8 Å². The molecule has 0 bridgehead atoms. The van der Waals surface area contributed by atoms with Crippen LogP contribution in [0.2, 0.25) is 0 Å². The molecular formula is C22H23N3O4. The largest absolute Gasteiger partial charge is 0.493 e. The van der Waals surface area contributed by atoms with Gasteiger partial charge in [0.25, 0.3) is 0 Å². The molecule has 0 N–H and O–H groups in total. The second-order valence-corrected chi connectivity index (χ2v) is 7.09. The highest BCUT2D eigenvalue weighted by Gasteiger charge is 2.36. The third-order valence-corrected chi connectivity index (χ3v) is 5.17. The Morgan fingerprint density at radius 3 is 2.59 bits per heavy atom. The zero-order valence-electron chi connectivity index (χ0n) is 16.7. The molecule has 2 heterocycles. The Kier molecular flexibility index (Phi) is 5.20. The van der Waals surface area contributed by atoms with Crippen LogP contribution >= 0.6 is 0 Å². The number of nitrogens with zero attached hydrogens (tertiary/aromatic N) is 3. The molecule has 1 fully saturated rings. The lowest BCUT2D eigenvalue weighted by atomic mass is 10.1. The van der Waals surface area contributed by atoms with Crippen LogP contribution in [-0.4, -0.2) is 35.2 Å². The number of benzene rings is 2. The van der Waals surface area contributed by atoms with Crippen LogP contribution in [0.3, 0.4) is 0 Å². The van der Waals surface area contributed by atoms with E-state index >= 15 is 0 Å². The minimum Gasteiger partial charge on any atom is -0.493 e. The van der Waals surface area contributed by atoms with Gasteiger partial charge < -0.3 is 18.9 Å². The molecule has 1 unspecified atom stereocenters.